The number of para-hydroxylation sites is 1. The van der Waals surface area contributed by atoms with Gasteiger partial charge in [0.15, 0.2) is 0 Å². The molecule has 1 amide bonds. The molecule has 0 aliphatic carbocycles. The number of nitriles is 1. The van der Waals surface area contributed by atoms with Gasteiger partial charge in [0.2, 0.25) is 5.91 Å². The van der Waals surface area contributed by atoms with Gasteiger partial charge >= 0.3 is 0 Å². The molecule has 2 aromatic rings. The van der Waals surface area contributed by atoms with Gasteiger partial charge in [-0.3, -0.25) is 9.69 Å². The van der Waals surface area contributed by atoms with E-state index in [2.05, 4.69) is 41.3 Å². The second-order valence-corrected chi connectivity index (χ2v) is 7.91. The Morgan fingerprint density at radius 3 is 2.69 bits per heavy atom. The summed E-state index contributed by atoms with van der Waals surface area (Å²) in [7, 11) is 0. The number of amides is 1. The van der Waals surface area contributed by atoms with E-state index in [1.807, 2.05) is 24.3 Å². The van der Waals surface area contributed by atoms with E-state index >= 15 is 0 Å². The SMILES string of the molecule is N#CC1CCCN1C(=O)CN1CCC(Oc2ccccc2Cc2ccccc2)C1. The maximum absolute atomic E-state index is 12.6. The van der Waals surface area contributed by atoms with Crippen molar-refractivity contribution in [2.24, 2.45) is 0 Å². The largest absolute Gasteiger partial charge is 0.489 e. The third-order valence-electron chi connectivity index (χ3n) is 5.81. The van der Waals surface area contributed by atoms with Gasteiger partial charge in [-0.15, -0.1) is 0 Å². The molecule has 4 rings (SSSR count). The molecule has 0 radical (unpaired) electrons. The Bertz CT molecular complexity index is 877. The lowest BCUT2D eigenvalue weighted by Crippen LogP contribution is -2.42. The average molecular weight is 389 g/mol. The van der Waals surface area contributed by atoms with Gasteiger partial charge in [0.25, 0.3) is 0 Å². The van der Waals surface area contributed by atoms with Crippen molar-refractivity contribution in [1.82, 2.24) is 9.80 Å². The Morgan fingerprint density at radius 1 is 1.07 bits per heavy atom. The summed E-state index contributed by atoms with van der Waals surface area (Å²) >= 11 is 0. The molecule has 2 unspecified atom stereocenters. The molecule has 0 aromatic heterocycles. The topological polar surface area (TPSA) is 56.6 Å². The lowest BCUT2D eigenvalue weighted by atomic mass is 10.0. The van der Waals surface area contributed by atoms with Gasteiger partial charge in [-0.25, -0.2) is 0 Å². The summed E-state index contributed by atoms with van der Waals surface area (Å²) in [6.07, 6.45) is 3.57. The molecule has 2 aliphatic heterocycles. The third kappa shape index (κ3) is 4.78. The van der Waals surface area contributed by atoms with E-state index in [-0.39, 0.29) is 18.1 Å². The van der Waals surface area contributed by atoms with E-state index in [9.17, 15) is 10.1 Å². The van der Waals surface area contributed by atoms with Gasteiger partial charge < -0.3 is 9.64 Å². The Labute approximate surface area is 172 Å². The molecule has 2 saturated heterocycles. The molecule has 2 heterocycles. The predicted octanol–water partition coefficient (Wildman–Crippen LogP) is 3.25. The van der Waals surface area contributed by atoms with Crippen LogP contribution < -0.4 is 4.74 Å². The van der Waals surface area contributed by atoms with Gasteiger partial charge in [-0.2, -0.15) is 5.26 Å². The van der Waals surface area contributed by atoms with Crippen LogP contribution in [-0.4, -0.2) is 54.0 Å². The molecule has 150 valence electrons. The number of hydrogen-bond acceptors (Lipinski definition) is 4. The third-order valence-corrected chi connectivity index (χ3v) is 5.81. The fourth-order valence-corrected chi connectivity index (χ4v) is 4.28. The van der Waals surface area contributed by atoms with Gasteiger partial charge in [0, 0.05) is 26.1 Å². The monoisotopic (exact) mass is 389 g/mol. The first kappa shape index (κ1) is 19.5. The molecule has 5 heteroatoms. The summed E-state index contributed by atoms with van der Waals surface area (Å²) in [5.41, 5.74) is 2.45. The van der Waals surface area contributed by atoms with Crippen LogP contribution in [0.5, 0.6) is 5.75 Å². The van der Waals surface area contributed by atoms with Crippen LogP contribution in [0.25, 0.3) is 0 Å². The minimum Gasteiger partial charge on any atom is -0.489 e. The van der Waals surface area contributed by atoms with Crippen LogP contribution in [0.3, 0.4) is 0 Å². The summed E-state index contributed by atoms with van der Waals surface area (Å²) in [5, 5.41) is 9.21. The summed E-state index contributed by atoms with van der Waals surface area (Å²) in [4.78, 5) is 16.5. The van der Waals surface area contributed by atoms with Crippen molar-refractivity contribution in [3.05, 3.63) is 65.7 Å². The zero-order chi connectivity index (χ0) is 20.1. The van der Waals surface area contributed by atoms with Crippen LogP contribution in [0, 0.1) is 11.3 Å². The van der Waals surface area contributed by atoms with Crippen molar-refractivity contribution < 1.29 is 9.53 Å². The number of ether oxygens (including phenoxy) is 1. The highest BCUT2D eigenvalue weighted by molar-refractivity contribution is 5.79. The predicted molar refractivity (Wildman–Crippen MR) is 112 cm³/mol. The number of rotatable bonds is 6. The highest BCUT2D eigenvalue weighted by Gasteiger charge is 2.32. The fourth-order valence-electron chi connectivity index (χ4n) is 4.28. The molecule has 5 nitrogen and oxygen atoms in total. The molecular formula is C24H27N3O2. The van der Waals surface area contributed by atoms with Crippen molar-refractivity contribution in [1.29, 1.82) is 5.26 Å². The molecular weight excluding hydrogens is 362 g/mol. The van der Waals surface area contributed by atoms with Crippen molar-refractivity contribution in [2.75, 3.05) is 26.2 Å². The van der Waals surface area contributed by atoms with E-state index < -0.39 is 0 Å². The van der Waals surface area contributed by atoms with E-state index in [0.717, 1.165) is 44.5 Å². The summed E-state index contributed by atoms with van der Waals surface area (Å²) in [5.74, 6) is 0.998. The van der Waals surface area contributed by atoms with E-state index in [1.165, 1.54) is 11.1 Å². The maximum Gasteiger partial charge on any atom is 0.237 e. The van der Waals surface area contributed by atoms with Crippen LogP contribution in [0.2, 0.25) is 0 Å². The molecule has 0 spiro atoms. The average Bonchev–Trinajstić information content (AvgIpc) is 3.39. The lowest BCUT2D eigenvalue weighted by molar-refractivity contribution is -0.132. The highest BCUT2D eigenvalue weighted by Crippen LogP contribution is 2.25. The van der Waals surface area contributed by atoms with Crippen LogP contribution in [0.4, 0.5) is 0 Å². The number of carbonyl (C=O) groups excluding carboxylic acids is 1. The quantitative estimate of drug-likeness (QED) is 0.761. The summed E-state index contributed by atoms with van der Waals surface area (Å²) in [6, 6.07) is 20.6. The van der Waals surface area contributed by atoms with Crippen molar-refractivity contribution in [2.45, 2.75) is 37.8 Å². The molecule has 2 fully saturated rings. The van der Waals surface area contributed by atoms with E-state index in [1.54, 1.807) is 4.90 Å². The zero-order valence-electron chi connectivity index (χ0n) is 16.7. The second-order valence-electron chi connectivity index (χ2n) is 7.91. The van der Waals surface area contributed by atoms with Crippen molar-refractivity contribution >= 4 is 5.91 Å². The van der Waals surface area contributed by atoms with E-state index in [4.69, 9.17) is 4.74 Å². The fraction of sp³-hybridized carbons (Fsp3) is 0.417. The van der Waals surface area contributed by atoms with Crippen molar-refractivity contribution in [3.63, 3.8) is 0 Å². The minimum atomic E-state index is -0.248. The lowest BCUT2D eigenvalue weighted by Gasteiger charge is -2.23. The second kappa shape index (κ2) is 9.11. The molecule has 0 N–H and O–H groups in total. The Morgan fingerprint density at radius 2 is 1.86 bits per heavy atom. The maximum atomic E-state index is 12.6. The Balaban J connectivity index is 1.34. The van der Waals surface area contributed by atoms with Gasteiger partial charge in [0.05, 0.1) is 12.6 Å². The molecule has 2 atom stereocenters. The van der Waals surface area contributed by atoms with Gasteiger partial charge in [-0.1, -0.05) is 48.5 Å². The van der Waals surface area contributed by atoms with E-state index in [0.29, 0.717) is 13.1 Å². The smallest absolute Gasteiger partial charge is 0.237 e. The van der Waals surface area contributed by atoms with Gasteiger partial charge in [0.1, 0.15) is 17.9 Å². The van der Waals surface area contributed by atoms with Crippen LogP contribution >= 0.6 is 0 Å². The van der Waals surface area contributed by atoms with Crippen LogP contribution in [0.1, 0.15) is 30.4 Å². The highest BCUT2D eigenvalue weighted by atomic mass is 16.5. The van der Waals surface area contributed by atoms with Gasteiger partial charge in [-0.05, 0) is 36.5 Å². The number of hydrogen-bond donors (Lipinski definition) is 0. The molecule has 0 bridgehead atoms. The number of benzene rings is 2. The molecule has 2 aliphatic rings. The Hall–Kier alpha value is -2.84. The molecule has 29 heavy (non-hydrogen) atoms. The number of nitrogens with zero attached hydrogens (tertiary/aromatic N) is 3. The standard InChI is InChI=1S/C24H27N3O2/c25-16-21-10-6-13-27(21)24(28)18-26-14-12-22(17-26)29-23-11-5-4-9-20(23)15-19-7-2-1-3-8-19/h1-5,7-9,11,21-22H,6,10,12-15,17-18H2. The minimum absolute atomic E-state index is 0.0687. The number of likely N-dealkylation sites (tertiary alicyclic amines) is 2. The molecule has 2 aromatic carbocycles. The summed E-state index contributed by atoms with van der Waals surface area (Å²) < 4.78 is 6.34. The first-order chi connectivity index (χ1) is 14.2. The normalized spacial score (nSPS) is 21.8. The summed E-state index contributed by atoms with van der Waals surface area (Å²) in [6.45, 7) is 2.68. The first-order valence-corrected chi connectivity index (χ1v) is 10.4. The first-order valence-electron chi connectivity index (χ1n) is 10.4. The number of carbonyl (C=O) groups is 1. The zero-order valence-corrected chi connectivity index (χ0v) is 16.7. The molecule has 0 saturated carbocycles. The van der Waals surface area contributed by atoms with Crippen LogP contribution in [-0.2, 0) is 11.2 Å². The van der Waals surface area contributed by atoms with Crippen LogP contribution in [0.15, 0.2) is 54.6 Å². The Kier molecular flexibility index (Phi) is 6.12. The van der Waals surface area contributed by atoms with Crippen molar-refractivity contribution in [3.8, 4) is 11.8 Å².